The summed E-state index contributed by atoms with van der Waals surface area (Å²) in [6.07, 6.45) is 3.05. The van der Waals surface area contributed by atoms with Gasteiger partial charge in [0.1, 0.15) is 0 Å². The van der Waals surface area contributed by atoms with Crippen molar-refractivity contribution in [2.24, 2.45) is 0 Å². The highest BCUT2D eigenvalue weighted by molar-refractivity contribution is 6.31. The van der Waals surface area contributed by atoms with E-state index in [0.717, 1.165) is 19.3 Å². The molecule has 4 nitrogen and oxygen atoms in total. The van der Waals surface area contributed by atoms with Crippen LogP contribution in [0.2, 0.25) is 5.02 Å². The molecule has 0 aliphatic carbocycles. The predicted molar refractivity (Wildman–Crippen MR) is 95.5 cm³/mol. The second kappa shape index (κ2) is 7.49. The van der Waals surface area contributed by atoms with Gasteiger partial charge in [-0.3, -0.25) is 4.79 Å². The molecule has 0 saturated carbocycles. The number of hydrogen-bond donors (Lipinski definition) is 0. The van der Waals surface area contributed by atoms with Crippen molar-refractivity contribution in [3.05, 3.63) is 65.2 Å². The Kier molecular flexibility index (Phi) is 5.16. The Bertz CT molecular complexity index is 727. The smallest absolute Gasteiger partial charge is 0.324 e. The maximum atomic E-state index is 13.0. The fourth-order valence-corrected chi connectivity index (χ4v) is 3.05. The lowest BCUT2D eigenvalue weighted by atomic mass is 10.1. The zero-order valence-corrected chi connectivity index (χ0v) is 14.1. The molecule has 0 radical (unpaired) electrons. The SMILES string of the molecule is O=C(c1ccccc1)N(C(=O)N1CCCCC1)c1cccc(Cl)c1. The first-order chi connectivity index (χ1) is 11.7. The lowest BCUT2D eigenvalue weighted by molar-refractivity contribution is 0.0983. The van der Waals surface area contributed by atoms with Gasteiger partial charge in [-0.15, -0.1) is 0 Å². The maximum Gasteiger partial charge on any atom is 0.331 e. The highest BCUT2D eigenvalue weighted by Gasteiger charge is 2.29. The molecular formula is C19H19ClN2O2. The van der Waals surface area contributed by atoms with Crippen molar-refractivity contribution in [3.63, 3.8) is 0 Å². The predicted octanol–water partition coefficient (Wildman–Crippen LogP) is 4.59. The van der Waals surface area contributed by atoms with Crippen molar-refractivity contribution in [2.75, 3.05) is 18.0 Å². The van der Waals surface area contributed by atoms with Gasteiger partial charge >= 0.3 is 6.03 Å². The summed E-state index contributed by atoms with van der Waals surface area (Å²) in [5, 5.41) is 0.491. The molecule has 1 fully saturated rings. The summed E-state index contributed by atoms with van der Waals surface area (Å²) in [6, 6.07) is 15.4. The van der Waals surface area contributed by atoms with Crippen LogP contribution >= 0.6 is 11.6 Å². The minimum absolute atomic E-state index is 0.286. The van der Waals surface area contributed by atoms with Crippen molar-refractivity contribution in [1.82, 2.24) is 4.90 Å². The van der Waals surface area contributed by atoms with Crippen molar-refractivity contribution in [3.8, 4) is 0 Å². The first-order valence-electron chi connectivity index (χ1n) is 8.11. The van der Waals surface area contributed by atoms with E-state index < -0.39 is 0 Å². The number of urea groups is 1. The van der Waals surface area contributed by atoms with Crippen LogP contribution in [0.5, 0.6) is 0 Å². The van der Waals surface area contributed by atoms with E-state index in [2.05, 4.69) is 0 Å². The quantitative estimate of drug-likeness (QED) is 0.800. The molecule has 0 bridgehead atoms. The van der Waals surface area contributed by atoms with Gasteiger partial charge < -0.3 is 4.90 Å². The van der Waals surface area contributed by atoms with Crippen molar-refractivity contribution in [2.45, 2.75) is 19.3 Å². The molecule has 1 saturated heterocycles. The van der Waals surface area contributed by atoms with Gasteiger partial charge in [0.05, 0.1) is 5.69 Å². The highest BCUT2D eigenvalue weighted by Crippen LogP contribution is 2.24. The standard InChI is InChI=1S/C19H19ClN2O2/c20-16-10-7-11-17(14-16)22(18(23)15-8-3-1-4-9-15)19(24)21-12-5-2-6-13-21/h1,3-4,7-11,14H,2,5-6,12-13H2. The monoisotopic (exact) mass is 342 g/mol. The number of rotatable bonds is 2. The average molecular weight is 343 g/mol. The topological polar surface area (TPSA) is 40.6 Å². The van der Waals surface area contributed by atoms with E-state index in [4.69, 9.17) is 11.6 Å². The molecule has 0 spiro atoms. The number of carbonyl (C=O) groups excluding carboxylic acids is 2. The minimum Gasteiger partial charge on any atom is -0.324 e. The molecule has 1 aliphatic heterocycles. The van der Waals surface area contributed by atoms with E-state index >= 15 is 0 Å². The molecule has 0 unspecified atom stereocenters. The number of piperidine rings is 1. The Balaban J connectivity index is 1.97. The fraction of sp³-hybridized carbons (Fsp3) is 0.263. The molecule has 1 heterocycles. The third-order valence-electron chi connectivity index (χ3n) is 4.11. The molecule has 24 heavy (non-hydrogen) atoms. The molecule has 0 atom stereocenters. The van der Waals surface area contributed by atoms with E-state index in [-0.39, 0.29) is 11.9 Å². The van der Waals surface area contributed by atoms with Crippen LogP contribution in [0.25, 0.3) is 0 Å². The van der Waals surface area contributed by atoms with Gasteiger partial charge in [-0.25, -0.2) is 9.69 Å². The lowest BCUT2D eigenvalue weighted by Crippen LogP contribution is -2.48. The van der Waals surface area contributed by atoms with Gasteiger partial charge in [-0.2, -0.15) is 0 Å². The Morgan fingerprint density at radius 2 is 1.62 bits per heavy atom. The maximum absolute atomic E-state index is 13.0. The molecule has 2 aromatic rings. The van der Waals surface area contributed by atoms with Gasteiger partial charge in [0.15, 0.2) is 0 Å². The van der Waals surface area contributed by atoms with Gasteiger partial charge in [0.25, 0.3) is 5.91 Å². The van der Waals surface area contributed by atoms with Crippen LogP contribution < -0.4 is 4.90 Å². The number of hydrogen-bond acceptors (Lipinski definition) is 2. The molecule has 2 aromatic carbocycles. The number of benzene rings is 2. The van der Waals surface area contributed by atoms with Crippen LogP contribution in [0.15, 0.2) is 54.6 Å². The summed E-state index contributed by atoms with van der Waals surface area (Å²) in [7, 11) is 0. The summed E-state index contributed by atoms with van der Waals surface area (Å²) in [5.74, 6) is -0.339. The highest BCUT2D eigenvalue weighted by atomic mass is 35.5. The van der Waals surface area contributed by atoms with Gasteiger partial charge in [0.2, 0.25) is 0 Å². The third-order valence-corrected chi connectivity index (χ3v) is 4.34. The average Bonchev–Trinajstić information content (AvgIpc) is 2.63. The van der Waals surface area contributed by atoms with Gasteiger partial charge in [-0.1, -0.05) is 35.9 Å². The van der Waals surface area contributed by atoms with E-state index in [1.807, 2.05) is 6.07 Å². The molecule has 124 valence electrons. The Labute approximate surface area is 146 Å². The van der Waals surface area contributed by atoms with E-state index in [1.165, 1.54) is 4.90 Å². The summed E-state index contributed by atoms with van der Waals surface area (Å²) >= 11 is 6.07. The summed E-state index contributed by atoms with van der Waals surface area (Å²) in [6.45, 7) is 1.36. The first kappa shape index (κ1) is 16.5. The number of amides is 3. The molecule has 5 heteroatoms. The zero-order chi connectivity index (χ0) is 16.9. The van der Waals surface area contributed by atoms with Gasteiger partial charge in [-0.05, 0) is 49.6 Å². The number of imide groups is 1. The molecule has 1 aliphatic rings. The van der Waals surface area contributed by atoms with Crippen molar-refractivity contribution in [1.29, 1.82) is 0 Å². The Morgan fingerprint density at radius 3 is 2.29 bits per heavy atom. The lowest BCUT2D eigenvalue weighted by Gasteiger charge is -2.32. The van der Waals surface area contributed by atoms with E-state index in [0.29, 0.717) is 29.4 Å². The van der Waals surface area contributed by atoms with Crippen LogP contribution in [-0.4, -0.2) is 29.9 Å². The molecule has 3 rings (SSSR count). The Morgan fingerprint density at radius 1 is 0.917 bits per heavy atom. The summed E-state index contributed by atoms with van der Waals surface area (Å²) < 4.78 is 0. The normalized spacial score (nSPS) is 14.3. The molecular weight excluding hydrogens is 324 g/mol. The number of carbonyl (C=O) groups is 2. The van der Waals surface area contributed by atoms with E-state index in [1.54, 1.807) is 53.4 Å². The van der Waals surface area contributed by atoms with Crippen LogP contribution in [0.4, 0.5) is 10.5 Å². The van der Waals surface area contributed by atoms with Crippen molar-refractivity contribution < 1.29 is 9.59 Å². The number of nitrogens with zero attached hydrogens (tertiary/aromatic N) is 2. The summed E-state index contributed by atoms with van der Waals surface area (Å²) in [5.41, 5.74) is 0.967. The number of halogens is 1. The zero-order valence-electron chi connectivity index (χ0n) is 13.3. The van der Waals surface area contributed by atoms with Crippen LogP contribution in [0.3, 0.4) is 0 Å². The van der Waals surface area contributed by atoms with E-state index in [9.17, 15) is 9.59 Å². The Hall–Kier alpha value is -2.33. The minimum atomic E-state index is -0.339. The summed E-state index contributed by atoms with van der Waals surface area (Å²) in [4.78, 5) is 29.0. The fourth-order valence-electron chi connectivity index (χ4n) is 2.87. The molecule has 0 aromatic heterocycles. The second-order valence-electron chi connectivity index (χ2n) is 5.82. The third kappa shape index (κ3) is 3.60. The number of anilines is 1. The van der Waals surface area contributed by atoms with Gasteiger partial charge in [0, 0.05) is 23.7 Å². The second-order valence-corrected chi connectivity index (χ2v) is 6.25. The van der Waals surface area contributed by atoms with Crippen LogP contribution in [-0.2, 0) is 0 Å². The molecule has 0 N–H and O–H groups in total. The van der Waals surface area contributed by atoms with Crippen LogP contribution in [0, 0.1) is 0 Å². The first-order valence-corrected chi connectivity index (χ1v) is 8.48. The van der Waals surface area contributed by atoms with Crippen molar-refractivity contribution >= 4 is 29.2 Å². The largest absolute Gasteiger partial charge is 0.331 e. The van der Waals surface area contributed by atoms with Crippen LogP contribution in [0.1, 0.15) is 29.6 Å². The number of likely N-dealkylation sites (tertiary alicyclic amines) is 1. The molecule has 3 amide bonds.